The van der Waals surface area contributed by atoms with Crippen LogP contribution in [-0.4, -0.2) is 33.5 Å². The van der Waals surface area contributed by atoms with Crippen molar-refractivity contribution in [3.63, 3.8) is 0 Å². The topological polar surface area (TPSA) is 54.8 Å². The summed E-state index contributed by atoms with van der Waals surface area (Å²) in [5.74, 6) is 0.928. The van der Waals surface area contributed by atoms with E-state index in [0.29, 0.717) is 0 Å². The lowest BCUT2D eigenvalue weighted by molar-refractivity contribution is 0.903. The molecule has 4 rings (SSSR count). The maximum absolute atomic E-state index is 4.47. The molecule has 1 aliphatic rings. The summed E-state index contributed by atoms with van der Waals surface area (Å²) in [4.78, 5) is 2.28. The number of aromatic nitrogens is 4. The zero-order valence-electron chi connectivity index (χ0n) is 11.6. The molecule has 0 amide bonds. The normalized spacial score (nSPS) is 14.8. The predicted molar refractivity (Wildman–Crippen MR) is 82.0 cm³/mol. The first-order valence-electron chi connectivity index (χ1n) is 7.21. The molecule has 0 atom stereocenters. The molecule has 21 heavy (non-hydrogen) atoms. The van der Waals surface area contributed by atoms with Gasteiger partial charge in [0.25, 0.3) is 0 Å². The number of rotatable bonds is 2. The van der Waals surface area contributed by atoms with Gasteiger partial charge in [0.15, 0.2) is 5.82 Å². The van der Waals surface area contributed by atoms with Crippen molar-refractivity contribution < 1.29 is 0 Å². The molecule has 0 spiro atoms. The van der Waals surface area contributed by atoms with E-state index in [9.17, 15) is 0 Å². The molecule has 0 unspecified atom stereocenters. The maximum atomic E-state index is 4.47. The lowest BCUT2D eigenvalue weighted by atomic mass is 10.1. The van der Waals surface area contributed by atoms with Crippen LogP contribution in [0.5, 0.6) is 0 Å². The second kappa shape index (κ2) is 5.09. The summed E-state index contributed by atoms with van der Waals surface area (Å²) in [7, 11) is 0. The highest BCUT2D eigenvalue weighted by Crippen LogP contribution is 2.31. The van der Waals surface area contributed by atoms with Crippen LogP contribution in [-0.2, 0) is 0 Å². The molecule has 1 aromatic carbocycles. The van der Waals surface area contributed by atoms with E-state index >= 15 is 0 Å². The average molecular weight is 277 g/mol. The van der Waals surface area contributed by atoms with Crippen LogP contribution in [0.25, 0.3) is 22.0 Å². The highest BCUT2D eigenvalue weighted by atomic mass is 15.3. The highest BCUT2D eigenvalue weighted by Gasteiger charge is 2.19. The Hall–Kier alpha value is -2.56. The monoisotopic (exact) mass is 277 g/mol. The van der Waals surface area contributed by atoms with Crippen LogP contribution in [0.2, 0.25) is 0 Å². The summed E-state index contributed by atoms with van der Waals surface area (Å²) in [6, 6.07) is 10.1. The highest BCUT2D eigenvalue weighted by molar-refractivity contribution is 5.99. The zero-order valence-corrected chi connectivity index (χ0v) is 11.6. The van der Waals surface area contributed by atoms with Gasteiger partial charge in [-0.15, -0.1) is 10.2 Å². The van der Waals surface area contributed by atoms with E-state index in [2.05, 4.69) is 25.3 Å². The SMILES string of the molecule is c1ccc(-c2nnc(N3CCCC3)c3cnncc23)cc1. The second-order valence-corrected chi connectivity index (χ2v) is 5.25. The third-order valence-electron chi connectivity index (χ3n) is 3.92. The van der Waals surface area contributed by atoms with Gasteiger partial charge in [0.2, 0.25) is 0 Å². The largest absolute Gasteiger partial charge is 0.355 e. The fraction of sp³-hybridized carbons (Fsp3) is 0.250. The molecule has 0 radical (unpaired) electrons. The molecule has 0 aliphatic carbocycles. The van der Waals surface area contributed by atoms with Gasteiger partial charge < -0.3 is 4.90 Å². The van der Waals surface area contributed by atoms with E-state index in [1.54, 1.807) is 12.4 Å². The molecule has 0 N–H and O–H groups in total. The van der Waals surface area contributed by atoms with Crippen LogP contribution in [0.3, 0.4) is 0 Å². The smallest absolute Gasteiger partial charge is 0.160 e. The Kier molecular flexibility index (Phi) is 2.96. The second-order valence-electron chi connectivity index (χ2n) is 5.25. The third kappa shape index (κ3) is 2.11. The Balaban J connectivity index is 1.93. The van der Waals surface area contributed by atoms with E-state index in [4.69, 9.17) is 0 Å². The van der Waals surface area contributed by atoms with Crippen molar-refractivity contribution in [3.8, 4) is 11.3 Å². The standard InChI is InChI=1S/C16H15N5/c1-2-6-12(7-3-1)15-13-10-17-18-11-14(13)16(20-19-15)21-8-4-5-9-21/h1-3,6-7,10-11H,4-5,8-9H2. The minimum absolute atomic E-state index is 0.864. The van der Waals surface area contributed by atoms with E-state index in [-0.39, 0.29) is 0 Å². The van der Waals surface area contributed by atoms with Gasteiger partial charge in [-0.2, -0.15) is 10.2 Å². The predicted octanol–water partition coefficient (Wildman–Crippen LogP) is 2.69. The zero-order chi connectivity index (χ0) is 14.1. The van der Waals surface area contributed by atoms with Gasteiger partial charge in [0.1, 0.15) is 5.69 Å². The van der Waals surface area contributed by atoms with Crippen molar-refractivity contribution in [1.82, 2.24) is 20.4 Å². The van der Waals surface area contributed by atoms with Gasteiger partial charge in [-0.1, -0.05) is 30.3 Å². The number of hydrogen-bond acceptors (Lipinski definition) is 5. The number of fused-ring (bicyclic) bond motifs is 1. The van der Waals surface area contributed by atoms with Crippen LogP contribution in [0, 0.1) is 0 Å². The molecule has 1 saturated heterocycles. The van der Waals surface area contributed by atoms with Crippen LogP contribution < -0.4 is 4.90 Å². The van der Waals surface area contributed by atoms with Gasteiger partial charge in [-0.05, 0) is 12.8 Å². The summed E-state index contributed by atoms with van der Waals surface area (Å²) < 4.78 is 0. The minimum Gasteiger partial charge on any atom is -0.355 e. The fourth-order valence-corrected chi connectivity index (χ4v) is 2.86. The van der Waals surface area contributed by atoms with Crippen molar-refractivity contribution in [2.45, 2.75) is 12.8 Å². The molecule has 1 fully saturated rings. The average Bonchev–Trinajstić information content (AvgIpc) is 3.09. The van der Waals surface area contributed by atoms with Crippen LogP contribution in [0.15, 0.2) is 42.7 Å². The Morgan fingerprint density at radius 2 is 1.52 bits per heavy atom. The molecule has 104 valence electrons. The number of hydrogen-bond donors (Lipinski definition) is 0. The first-order chi connectivity index (χ1) is 10.4. The molecular weight excluding hydrogens is 262 g/mol. The molecule has 3 aromatic rings. The summed E-state index contributed by atoms with van der Waals surface area (Å²) in [6.45, 7) is 2.08. The quantitative estimate of drug-likeness (QED) is 0.721. The van der Waals surface area contributed by atoms with Gasteiger partial charge in [0, 0.05) is 24.0 Å². The minimum atomic E-state index is 0.864. The molecule has 2 aromatic heterocycles. The van der Waals surface area contributed by atoms with E-state index in [1.807, 2.05) is 30.3 Å². The third-order valence-corrected chi connectivity index (χ3v) is 3.92. The Bertz CT molecular complexity index is 766. The number of anilines is 1. The fourth-order valence-electron chi connectivity index (χ4n) is 2.86. The van der Waals surface area contributed by atoms with Crippen LogP contribution in [0.1, 0.15) is 12.8 Å². The summed E-state index contributed by atoms with van der Waals surface area (Å²) in [5.41, 5.74) is 1.92. The van der Waals surface area contributed by atoms with E-state index in [0.717, 1.165) is 40.9 Å². The first kappa shape index (κ1) is 12.2. The van der Waals surface area contributed by atoms with Crippen molar-refractivity contribution in [3.05, 3.63) is 42.7 Å². The van der Waals surface area contributed by atoms with Crippen molar-refractivity contribution in [1.29, 1.82) is 0 Å². The van der Waals surface area contributed by atoms with Crippen molar-refractivity contribution in [2.75, 3.05) is 18.0 Å². The van der Waals surface area contributed by atoms with E-state index in [1.165, 1.54) is 12.8 Å². The summed E-state index contributed by atoms with van der Waals surface area (Å²) >= 11 is 0. The molecule has 0 saturated carbocycles. The lowest BCUT2D eigenvalue weighted by Crippen LogP contribution is -2.20. The van der Waals surface area contributed by atoms with Crippen LogP contribution in [0.4, 0.5) is 5.82 Å². The number of nitrogens with zero attached hydrogens (tertiary/aromatic N) is 5. The Morgan fingerprint density at radius 3 is 2.29 bits per heavy atom. The van der Waals surface area contributed by atoms with Gasteiger partial charge in [0.05, 0.1) is 17.8 Å². The summed E-state index contributed by atoms with van der Waals surface area (Å²) in [6.07, 6.45) is 6.00. The lowest BCUT2D eigenvalue weighted by Gasteiger charge is -2.18. The Labute approximate surface area is 122 Å². The number of benzene rings is 1. The van der Waals surface area contributed by atoms with Gasteiger partial charge >= 0.3 is 0 Å². The van der Waals surface area contributed by atoms with Crippen molar-refractivity contribution >= 4 is 16.6 Å². The van der Waals surface area contributed by atoms with Gasteiger partial charge in [-0.3, -0.25) is 0 Å². The molecule has 3 heterocycles. The molecule has 0 bridgehead atoms. The van der Waals surface area contributed by atoms with Crippen LogP contribution >= 0.6 is 0 Å². The summed E-state index contributed by atoms with van der Waals surface area (Å²) in [5, 5.41) is 19.0. The Morgan fingerprint density at radius 1 is 0.810 bits per heavy atom. The maximum Gasteiger partial charge on any atom is 0.160 e. The van der Waals surface area contributed by atoms with E-state index < -0.39 is 0 Å². The van der Waals surface area contributed by atoms with Gasteiger partial charge in [-0.25, -0.2) is 0 Å². The van der Waals surface area contributed by atoms with Crippen molar-refractivity contribution in [2.24, 2.45) is 0 Å². The first-order valence-corrected chi connectivity index (χ1v) is 7.21. The molecule has 5 nitrogen and oxygen atoms in total. The molecule has 1 aliphatic heterocycles. The molecular formula is C16H15N5. The molecule has 5 heteroatoms.